The van der Waals surface area contributed by atoms with Gasteiger partial charge in [0.25, 0.3) is 0 Å². The van der Waals surface area contributed by atoms with Gasteiger partial charge < -0.3 is 4.74 Å². The molecule has 2 heteroatoms. The van der Waals surface area contributed by atoms with Crippen molar-refractivity contribution in [1.82, 2.24) is 5.32 Å². The van der Waals surface area contributed by atoms with Crippen LogP contribution < -0.4 is 10.1 Å². The Morgan fingerprint density at radius 3 is 2.62 bits per heavy atom. The summed E-state index contributed by atoms with van der Waals surface area (Å²) in [7, 11) is 0. The van der Waals surface area contributed by atoms with Crippen LogP contribution in [0.4, 0.5) is 0 Å². The lowest BCUT2D eigenvalue weighted by molar-refractivity contribution is 0.170. The van der Waals surface area contributed by atoms with Gasteiger partial charge in [-0.1, -0.05) is 25.1 Å². The Morgan fingerprint density at radius 2 is 2.08 bits per heavy atom. The van der Waals surface area contributed by atoms with Gasteiger partial charge >= 0.3 is 0 Å². The van der Waals surface area contributed by atoms with Crippen LogP contribution in [0.1, 0.15) is 20.3 Å². The zero-order valence-corrected chi connectivity index (χ0v) is 8.16. The molecule has 0 spiro atoms. The molecule has 1 rings (SSSR count). The summed E-state index contributed by atoms with van der Waals surface area (Å²) in [5.41, 5.74) is 0. The molecule has 0 aliphatic carbocycles. The molecule has 0 bridgehead atoms. The van der Waals surface area contributed by atoms with Crippen molar-refractivity contribution < 1.29 is 4.74 Å². The van der Waals surface area contributed by atoms with Gasteiger partial charge in [0.1, 0.15) is 12.0 Å². The number of para-hydroxylation sites is 1. The van der Waals surface area contributed by atoms with Crippen LogP contribution in [0.25, 0.3) is 0 Å². The predicted molar refractivity (Wildman–Crippen MR) is 54.3 cm³/mol. The Morgan fingerprint density at radius 1 is 1.38 bits per heavy atom. The van der Waals surface area contributed by atoms with Crippen LogP contribution >= 0.6 is 0 Å². The van der Waals surface area contributed by atoms with E-state index in [0.717, 1.165) is 12.2 Å². The van der Waals surface area contributed by atoms with Crippen LogP contribution in [0, 0.1) is 6.54 Å². The topological polar surface area (TPSA) is 21.3 Å². The van der Waals surface area contributed by atoms with Gasteiger partial charge in [0.05, 0.1) is 0 Å². The van der Waals surface area contributed by atoms with E-state index in [9.17, 15) is 0 Å². The summed E-state index contributed by atoms with van der Waals surface area (Å²) in [5, 5.41) is 3.13. The van der Waals surface area contributed by atoms with E-state index in [1.165, 1.54) is 0 Å². The molecule has 1 aromatic carbocycles. The summed E-state index contributed by atoms with van der Waals surface area (Å²) < 4.78 is 5.66. The standard InChI is InChI=1S/C11H16NO/c1-3-11(12-4-2)13-10-8-6-5-7-9-10/h4-9,11-12H,3H2,1-2H3. The first-order valence-corrected chi connectivity index (χ1v) is 4.62. The van der Waals surface area contributed by atoms with Crippen LogP contribution in [-0.2, 0) is 0 Å². The van der Waals surface area contributed by atoms with Crippen LogP contribution in [0.15, 0.2) is 30.3 Å². The maximum Gasteiger partial charge on any atom is 0.150 e. The highest BCUT2D eigenvalue weighted by Crippen LogP contribution is 2.11. The predicted octanol–water partition coefficient (Wildman–Crippen LogP) is 2.57. The molecule has 1 unspecified atom stereocenters. The van der Waals surface area contributed by atoms with Gasteiger partial charge in [-0.2, -0.15) is 0 Å². The van der Waals surface area contributed by atoms with Gasteiger partial charge in [-0.05, 0) is 25.5 Å². The van der Waals surface area contributed by atoms with E-state index in [0.29, 0.717) is 0 Å². The molecule has 0 aromatic heterocycles. The minimum Gasteiger partial charge on any atom is -0.475 e. The largest absolute Gasteiger partial charge is 0.475 e. The molecule has 0 fully saturated rings. The zero-order valence-electron chi connectivity index (χ0n) is 8.16. The fraction of sp³-hybridized carbons (Fsp3) is 0.364. The number of hydrogen-bond donors (Lipinski definition) is 1. The van der Waals surface area contributed by atoms with Crippen molar-refractivity contribution in [2.24, 2.45) is 0 Å². The Bertz CT molecular complexity index is 223. The molecule has 0 saturated heterocycles. The third kappa shape index (κ3) is 3.47. The van der Waals surface area contributed by atoms with Gasteiger partial charge in [0, 0.05) is 6.54 Å². The van der Waals surface area contributed by atoms with Crippen LogP contribution in [0.5, 0.6) is 5.75 Å². The molecular formula is C11H16NO. The molecule has 2 nitrogen and oxygen atoms in total. The number of nitrogens with one attached hydrogen (secondary N) is 1. The second kappa shape index (κ2) is 5.60. The normalized spacial score (nSPS) is 12.5. The van der Waals surface area contributed by atoms with Gasteiger partial charge in [0.15, 0.2) is 0 Å². The van der Waals surface area contributed by atoms with E-state index in [-0.39, 0.29) is 6.23 Å². The second-order valence-electron chi connectivity index (χ2n) is 2.78. The quantitative estimate of drug-likeness (QED) is 0.700. The molecule has 1 atom stereocenters. The van der Waals surface area contributed by atoms with Gasteiger partial charge in [0.2, 0.25) is 0 Å². The van der Waals surface area contributed by atoms with Crippen LogP contribution in [0.3, 0.4) is 0 Å². The summed E-state index contributed by atoms with van der Waals surface area (Å²) >= 11 is 0. The SMILES string of the molecule is C[CH]NC(CC)Oc1ccccc1. The first kappa shape index (κ1) is 10.1. The van der Waals surface area contributed by atoms with Crippen LogP contribution in [0.2, 0.25) is 0 Å². The average molecular weight is 178 g/mol. The van der Waals surface area contributed by atoms with Crippen molar-refractivity contribution >= 4 is 0 Å². The number of benzene rings is 1. The Hall–Kier alpha value is -1.02. The molecule has 0 amide bonds. The van der Waals surface area contributed by atoms with Crippen LogP contribution in [-0.4, -0.2) is 6.23 Å². The minimum absolute atomic E-state index is 0.0763. The number of ether oxygens (including phenoxy) is 1. The fourth-order valence-electron chi connectivity index (χ4n) is 1.08. The highest BCUT2D eigenvalue weighted by molar-refractivity contribution is 5.21. The highest BCUT2D eigenvalue weighted by atomic mass is 16.5. The maximum atomic E-state index is 5.66. The van der Waals surface area contributed by atoms with Crippen molar-refractivity contribution in [3.63, 3.8) is 0 Å². The number of hydrogen-bond acceptors (Lipinski definition) is 2. The lowest BCUT2D eigenvalue weighted by Gasteiger charge is -2.17. The molecule has 1 N–H and O–H groups in total. The lowest BCUT2D eigenvalue weighted by atomic mass is 10.3. The monoisotopic (exact) mass is 178 g/mol. The van der Waals surface area contributed by atoms with Crippen molar-refractivity contribution in [3.8, 4) is 5.75 Å². The highest BCUT2D eigenvalue weighted by Gasteiger charge is 2.04. The molecule has 71 valence electrons. The van der Waals surface area contributed by atoms with Gasteiger partial charge in [-0.15, -0.1) is 0 Å². The molecule has 0 saturated carbocycles. The first-order chi connectivity index (χ1) is 6.36. The third-order valence-corrected chi connectivity index (χ3v) is 1.74. The molecular weight excluding hydrogens is 162 g/mol. The summed E-state index contributed by atoms with van der Waals surface area (Å²) in [6.07, 6.45) is 1.02. The summed E-state index contributed by atoms with van der Waals surface area (Å²) in [6, 6.07) is 9.84. The van der Waals surface area contributed by atoms with E-state index < -0.39 is 0 Å². The summed E-state index contributed by atoms with van der Waals surface area (Å²) in [5.74, 6) is 0.906. The lowest BCUT2D eigenvalue weighted by Crippen LogP contribution is -2.31. The Kier molecular flexibility index (Phi) is 4.33. The molecule has 13 heavy (non-hydrogen) atoms. The van der Waals surface area contributed by atoms with E-state index in [4.69, 9.17) is 4.74 Å². The minimum atomic E-state index is 0.0763. The van der Waals surface area contributed by atoms with Crippen molar-refractivity contribution in [1.29, 1.82) is 0 Å². The van der Waals surface area contributed by atoms with Gasteiger partial charge in [-0.3, -0.25) is 5.32 Å². The Balaban J connectivity index is 2.46. The third-order valence-electron chi connectivity index (χ3n) is 1.74. The average Bonchev–Trinajstić information content (AvgIpc) is 2.19. The summed E-state index contributed by atoms with van der Waals surface area (Å²) in [4.78, 5) is 0. The van der Waals surface area contributed by atoms with E-state index in [1.807, 2.05) is 43.8 Å². The molecule has 1 aromatic rings. The molecule has 1 radical (unpaired) electrons. The Labute approximate surface area is 79.9 Å². The maximum absolute atomic E-state index is 5.66. The summed E-state index contributed by atoms with van der Waals surface area (Å²) in [6.45, 7) is 5.94. The molecule has 0 aliphatic rings. The van der Waals surface area contributed by atoms with Crippen molar-refractivity contribution in [2.45, 2.75) is 26.5 Å². The van der Waals surface area contributed by atoms with E-state index in [2.05, 4.69) is 12.2 Å². The van der Waals surface area contributed by atoms with Crippen molar-refractivity contribution in [2.75, 3.05) is 0 Å². The fourth-order valence-corrected chi connectivity index (χ4v) is 1.08. The first-order valence-electron chi connectivity index (χ1n) is 4.62. The smallest absolute Gasteiger partial charge is 0.150 e. The van der Waals surface area contributed by atoms with E-state index in [1.54, 1.807) is 0 Å². The van der Waals surface area contributed by atoms with Gasteiger partial charge in [-0.25, -0.2) is 0 Å². The molecule has 0 heterocycles. The van der Waals surface area contributed by atoms with Crippen molar-refractivity contribution in [3.05, 3.63) is 36.9 Å². The zero-order chi connectivity index (χ0) is 9.52. The molecule has 0 aliphatic heterocycles. The number of rotatable bonds is 5. The van der Waals surface area contributed by atoms with E-state index >= 15 is 0 Å². The second-order valence-corrected chi connectivity index (χ2v) is 2.78.